The molecule has 0 aromatic heterocycles. The molecule has 2 saturated heterocycles. The second kappa shape index (κ2) is 12.8. The van der Waals surface area contributed by atoms with Gasteiger partial charge in [0.05, 0.1) is 0 Å². The van der Waals surface area contributed by atoms with Crippen molar-refractivity contribution < 1.29 is 16.5 Å². The van der Waals surface area contributed by atoms with Crippen LogP contribution in [-0.2, 0) is 16.5 Å². The molecular formula is C24H54N2NiSi4-4. The van der Waals surface area contributed by atoms with E-state index in [1.54, 1.807) is 0 Å². The Balaban J connectivity index is 0.000000562. The van der Waals surface area contributed by atoms with Crippen molar-refractivity contribution in [2.24, 2.45) is 0 Å². The summed E-state index contributed by atoms with van der Waals surface area (Å²) in [6.07, 6.45) is 8.11. The first-order valence-electron chi connectivity index (χ1n) is 12.5. The number of piperidine rings is 2. The van der Waals surface area contributed by atoms with Crippen molar-refractivity contribution in [2.75, 3.05) is 13.1 Å². The zero-order valence-electron chi connectivity index (χ0n) is 23.0. The molecule has 2 unspecified atom stereocenters. The Kier molecular flexibility index (Phi) is 13.4. The third-order valence-corrected chi connectivity index (χ3v) is 23.2. The molecule has 0 radical (unpaired) electrons. The fraction of sp³-hybridized carbons (Fsp3) is 0.917. The number of nitrogens with zero attached hydrogens (tertiary/aromatic N) is 2. The SMILES string of the molecule is C[Si](C)(C)[C-](C1CCCC[N-]1)[Si](C)(C)C.C[Si](C)(C)[C-](C1CCCC[N-]1)[Si](C)(C)C.[Ni]. The van der Waals surface area contributed by atoms with E-state index in [-0.39, 0.29) is 16.5 Å². The van der Waals surface area contributed by atoms with Crippen LogP contribution in [0.2, 0.25) is 78.6 Å². The van der Waals surface area contributed by atoms with Gasteiger partial charge in [0.2, 0.25) is 0 Å². The van der Waals surface area contributed by atoms with Crippen LogP contribution in [0.3, 0.4) is 0 Å². The largest absolute Gasteiger partial charge is 0.686 e. The molecule has 0 aromatic carbocycles. The fourth-order valence-electron chi connectivity index (χ4n) is 6.30. The van der Waals surface area contributed by atoms with Crippen molar-refractivity contribution in [1.82, 2.24) is 0 Å². The summed E-state index contributed by atoms with van der Waals surface area (Å²) < 4.78 is 0. The smallest absolute Gasteiger partial charge is 0 e. The van der Waals surface area contributed by atoms with Gasteiger partial charge in [0.25, 0.3) is 0 Å². The Morgan fingerprint density at radius 2 is 0.742 bits per heavy atom. The molecule has 31 heavy (non-hydrogen) atoms. The number of hydrogen-bond acceptors (Lipinski definition) is 0. The van der Waals surface area contributed by atoms with E-state index in [4.69, 9.17) is 10.6 Å². The third-order valence-electron chi connectivity index (χ3n) is 6.37. The average molecular weight is 542 g/mol. The maximum Gasteiger partial charge on any atom is 0 e. The summed E-state index contributed by atoms with van der Waals surface area (Å²) in [7, 11) is -4.50. The van der Waals surface area contributed by atoms with E-state index in [2.05, 4.69) is 78.6 Å². The van der Waals surface area contributed by atoms with Crippen LogP contribution in [0, 0.1) is 10.3 Å². The van der Waals surface area contributed by atoms with Crippen LogP contribution in [0.4, 0.5) is 0 Å². The third kappa shape index (κ3) is 11.0. The fourth-order valence-corrected chi connectivity index (χ4v) is 29.2. The topological polar surface area (TPSA) is 28.2 Å². The van der Waals surface area contributed by atoms with Gasteiger partial charge in [-0.15, -0.1) is 32.3 Å². The minimum atomic E-state index is -1.12. The maximum atomic E-state index is 4.90. The van der Waals surface area contributed by atoms with Gasteiger partial charge in [-0.05, 0) is 0 Å². The van der Waals surface area contributed by atoms with Gasteiger partial charge in [-0.2, -0.15) is 13.1 Å². The van der Waals surface area contributed by atoms with E-state index in [1.807, 2.05) is 10.3 Å². The predicted molar refractivity (Wildman–Crippen MR) is 152 cm³/mol. The predicted octanol–water partition coefficient (Wildman–Crippen LogP) is 8.48. The maximum absolute atomic E-state index is 4.90. The van der Waals surface area contributed by atoms with Crippen molar-refractivity contribution in [2.45, 2.75) is 129 Å². The van der Waals surface area contributed by atoms with Gasteiger partial charge in [-0.25, -0.2) is 0 Å². The van der Waals surface area contributed by atoms with Gasteiger partial charge < -0.3 is 21.0 Å². The molecule has 2 nitrogen and oxygen atoms in total. The van der Waals surface area contributed by atoms with Crippen LogP contribution in [0.5, 0.6) is 0 Å². The van der Waals surface area contributed by atoms with Crippen LogP contribution in [-0.4, -0.2) is 57.5 Å². The zero-order chi connectivity index (χ0) is 23.4. The molecule has 0 amide bonds. The van der Waals surface area contributed by atoms with Gasteiger partial charge in [-0.3, -0.25) is 12.1 Å². The molecule has 2 fully saturated rings. The van der Waals surface area contributed by atoms with Gasteiger partial charge in [0, 0.05) is 16.5 Å². The van der Waals surface area contributed by atoms with Crippen LogP contribution < -0.4 is 0 Å². The van der Waals surface area contributed by atoms with E-state index in [1.165, 1.54) is 38.5 Å². The molecular weight excluding hydrogens is 487 g/mol. The van der Waals surface area contributed by atoms with Gasteiger partial charge in [0.1, 0.15) is 0 Å². The molecule has 0 aliphatic carbocycles. The summed E-state index contributed by atoms with van der Waals surface area (Å²) in [5, 5.41) is 13.6. The molecule has 0 spiro atoms. The molecule has 7 heteroatoms. The standard InChI is InChI=1S/2C12H27NSi2.Ni/c2*1-14(2,3)12(15(4,5)6)11-9-7-8-10-13-11;/h2*11H,7-10H2,1-6H3;/q2*-2;. The normalized spacial score (nSPS) is 23.8. The van der Waals surface area contributed by atoms with Crippen LogP contribution in [0.25, 0.3) is 10.6 Å². The van der Waals surface area contributed by atoms with Crippen molar-refractivity contribution in [3.8, 4) is 0 Å². The van der Waals surface area contributed by atoms with Gasteiger partial charge in [-0.1, -0.05) is 117 Å². The quantitative estimate of drug-likeness (QED) is 0.238. The summed E-state index contributed by atoms with van der Waals surface area (Å²) in [5.41, 5.74) is 0. The molecule has 0 N–H and O–H groups in total. The Hall–Kier alpha value is 1.28. The molecule has 0 saturated carbocycles. The van der Waals surface area contributed by atoms with E-state index >= 15 is 0 Å². The summed E-state index contributed by atoms with van der Waals surface area (Å²) in [6.45, 7) is 32.3. The first-order valence-corrected chi connectivity index (χ1v) is 26.5. The van der Waals surface area contributed by atoms with Gasteiger partial charge in [0.15, 0.2) is 0 Å². The molecule has 0 aromatic rings. The molecule has 2 rings (SSSR count). The van der Waals surface area contributed by atoms with E-state index in [9.17, 15) is 0 Å². The van der Waals surface area contributed by atoms with E-state index in [0.29, 0.717) is 12.1 Å². The minimum absolute atomic E-state index is 0. The second-order valence-corrected chi connectivity index (χ2v) is 34.8. The molecule has 190 valence electrons. The molecule has 2 aliphatic heterocycles. The molecule has 2 heterocycles. The van der Waals surface area contributed by atoms with Crippen molar-refractivity contribution >= 4 is 32.3 Å². The van der Waals surface area contributed by atoms with Crippen LogP contribution >= 0.6 is 0 Å². The first kappa shape index (κ1) is 32.3. The molecule has 2 aliphatic rings. The Morgan fingerprint density at radius 1 is 0.484 bits per heavy atom. The van der Waals surface area contributed by atoms with Crippen molar-refractivity contribution in [3.63, 3.8) is 0 Å². The second-order valence-electron chi connectivity index (χ2n) is 13.7. The van der Waals surface area contributed by atoms with Crippen LogP contribution in [0.15, 0.2) is 0 Å². The summed E-state index contributed by atoms with van der Waals surface area (Å²) >= 11 is 0. The van der Waals surface area contributed by atoms with Gasteiger partial charge >= 0.3 is 0 Å². The summed E-state index contributed by atoms with van der Waals surface area (Å²) in [4.78, 5) is 0. The summed E-state index contributed by atoms with van der Waals surface area (Å²) in [6, 6.07) is 1.27. The van der Waals surface area contributed by atoms with E-state index < -0.39 is 32.3 Å². The zero-order valence-corrected chi connectivity index (χ0v) is 28.0. The van der Waals surface area contributed by atoms with Crippen LogP contribution in [0.1, 0.15) is 38.5 Å². The Labute approximate surface area is 211 Å². The van der Waals surface area contributed by atoms with Crippen molar-refractivity contribution in [3.05, 3.63) is 21.0 Å². The Bertz CT molecular complexity index is 418. The first-order chi connectivity index (χ1) is 13.5. The number of rotatable bonds is 6. The minimum Gasteiger partial charge on any atom is -0.686 e. The average Bonchev–Trinajstić information content (AvgIpc) is 2.52. The van der Waals surface area contributed by atoms with E-state index in [0.717, 1.165) is 13.1 Å². The molecule has 0 bridgehead atoms. The number of hydrogen-bond donors (Lipinski definition) is 0. The van der Waals surface area contributed by atoms with Crippen molar-refractivity contribution in [1.29, 1.82) is 0 Å². The molecule has 2 atom stereocenters. The summed E-state index contributed by atoms with van der Waals surface area (Å²) in [5.74, 6) is 0. The monoisotopic (exact) mass is 540 g/mol. The Morgan fingerprint density at radius 3 is 0.903 bits per heavy atom.